The lowest BCUT2D eigenvalue weighted by Crippen LogP contribution is -2.36. The van der Waals surface area contributed by atoms with Crippen molar-refractivity contribution in [1.29, 1.82) is 0 Å². The number of carbonyl (C=O) groups is 3. The van der Waals surface area contributed by atoms with Crippen LogP contribution in [0.25, 0.3) is 0 Å². The Morgan fingerprint density at radius 3 is 2.56 bits per heavy atom. The summed E-state index contributed by atoms with van der Waals surface area (Å²) in [6, 6.07) is 9.78. The molecule has 2 saturated heterocycles. The number of amides is 3. The van der Waals surface area contributed by atoms with E-state index in [-0.39, 0.29) is 30.1 Å². The minimum atomic E-state index is -0.321. The number of likely N-dealkylation sites (tertiary alicyclic amines) is 2. The van der Waals surface area contributed by atoms with Crippen molar-refractivity contribution in [1.82, 2.24) is 15.1 Å². The van der Waals surface area contributed by atoms with Crippen molar-refractivity contribution in [3.63, 3.8) is 0 Å². The first-order chi connectivity index (χ1) is 12.1. The van der Waals surface area contributed by atoms with E-state index >= 15 is 0 Å². The van der Waals surface area contributed by atoms with E-state index in [0.717, 1.165) is 31.5 Å². The highest BCUT2D eigenvalue weighted by Gasteiger charge is 2.34. The first-order valence-corrected chi connectivity index (χ1v) is 9.00. The molecule has 3 rings (SSSR count). The summed E-state index contributed by atoms with van der Waals surface area (Å²) in [5.41, 5.74) is 1.06. The lowest BCUT2D eigenvalue weighted by Gasteiger charge is -2.17. The Morgan fingerprint density at radius 1 is 1.12 bits per heavy atom. The largest absolute Gasteiger partial charge is 0.355 e. The van der Waals surface area contributed by atoms with Gasteiger partial charge in [-0.25, -0.2) is 0 Å². The molecule has 1 aromatic rings. The van der Waals surface area contributed by atoms with Crippen molar-refractivity contribution in [3.8, 4) is 0 Å². The molecule has 1 unspecified atom stereocenters. The summed E-state index contributed by atoms with van der Waals surface area (Å²) < 4.78 is 0. The number of nitrogens with one attached hydrogen (secondary N) is 1. The van der Waals surface area contributed by atoms with E-state index < -0.39 is 0 Å². The van der Waals surface area contributed by atoms with Gasteiger partial charge in [0.25, 0.3) is 0 Å². The van der Waals surface area contributed by atoms with Gasteiger partial charge in [0, 0.05) is 45.6 Å². The van der Waals surface area contributed by atoms with Gasteiger partial charge in [-0.2, -0.15) is 0 Å². The third-order valence-electron chi connectivity index (χ3n) is 4.90. The maximum atomic E-state index is 12.3. The number of rotatable bonds is 6. The predicted octanol–water partition coefficient (Wildman–Crippen LogP) is 1.16. The SMILES string of the molecule is O=C(NCCC(=O)N1CCCC1)C1CC(=O)N(Cc2ccccc2)C1. The van der Waals surface area contributed by atoms with Gasteiger partial charge in [0.15, 0.2) is 0 Å². The standard InChI is InChI=1S/C19H25N3O3/c23-17(21-10-4-5-11-21)8-9-20-19(25)16-12-18(24)22(14-16)13-15-6-2-1-3-7-15/h1-3,6-7,16H,4-5,8-14H2,(H,20,25). The van der Waals surface area contributed by atoms with Crippen LogP contribution in [0.5, 0.6) is 0 Å². The number of hydrogen-bond donors (Lipinski definition) is 1. The zero-order chi connectivity index (χ0) is 17.6. The fraction of sp³-hybridized carbons (Fsp3) is 0.526. The molecule has 2 heterocycles. The second-order valence-electron chi connectivity index (χ2n) is 6.79. The Balaban J connectivity index is 1.42. The molecule has 134 valence electrons. The normalized spacial score (nSPS) is 20.2. The van der Waals surface area contributed by atoms with Crippen molar-refractivity contribution < 1.29 is 14.4 Å². The molecule has 2 aliphatic rings. The molecule has 2 fully saturated rings. The summed E-state index contributed by atoms with van der Waals surface area (Å²) in [6.45, 7) is 2.99. The van der Waals surface area contributed by atoms with Crippen molar-refractivity contribution in [2.24, 2.45) is 5.92 Å². The number of carbonyl (C=O) groups excluding carboxylic acids is 3. The van der Waals surface area contributed by atoms with Gasteiger partial charge < -0.3 is 15.1 Å². The fourth-order valence-electron chi connectivity index (χ4n) is 3.47. The van der Waals surface area contributed by atoms with Crippen molar-refractivity contribution in [2.75, 3.05) is 26.2 Å². The summed E-state index contributed by atoms with van der Waals surface area (Å²) in [7, 11) is 0. The highest BCUT2D eigenvalue weighted by Crippen LogP contribution is 2.20. The molecular formula is C19H25N3O3. The van der Waals surface area contributed by atoms with E-state index in [1.165, 1.54) is 0 Å². The van der Waals surface area contributed by atoms with Gasteiger partial charge in [-0.15, -0.1) is 0 Å². The van der Waals surface area contributed by atoms with Crippen molar-refractivity contribution in [2.45, 2.75) is 32.2 Å². The summed E-state index contributed by atoms with van der Waals surface area (Å²) >= 11 is 0. The van der Waals surface area contributed by atoms with Gasteiger partial charge in [-0.1, -0.05) is 30.3 Å². The average Bonchev–Trinajstić information content (AvgIpc) is 3.26. The molecule has 1 aromatic carbocycles. The molecular weight excluding hydrogens is 318 g/mol. The van der Waals surface area contributed by atoms with Crippen molar-refractivity contribution >= 4 is 17.7 Å². The first-order valence-electron chi connectivity index (χ1n) is 9.00. The second kappa shape index (κ2) is 8.14. The average molecular weight is 343 g/mol. The van der Waals surface area contributed by atoms with Gasteiger partial charge in [0.05, 0.1) is 5.92 Å². The van der Waals surface area contributed by atoms with E-state index in [4.69, 9.17) is 0 Å². The monoisotopic (exact) mass is 343 g/mol. The summed E-state index contributed by atoms with van der Waals surface area (Å²) in [5, 5.41) is 2.82. The van der Waals surface area contributed by atoms with Crippen molar-refractivity contribution in [3.05, 3.63) is 35.9 Å². The predicted molar refractivity (Wildman–Crippen MR) is 93.4 cm³/mol. The molecule has 0 spiro atoms. The van der Waals surface area contributed by atoms with Crippen LogP contribution in [-0.2, 0) is 20.9 Å². The Hall–Kier alpha value is -2.37. The van der Waals surface area contributed by atoms with Crippen LogP contribution in [0.2, 0.25) is 0 Å². The maximum absolute atomic E-state index is 12.3. The van der Waals surface area contributed by atoms with Crippen LogP contribution < -0.4 is 5.32 Å². The van der Waals surface area contributed by atoms with E-state index in [1.807, 2.05) is 35.2 Å². The molecule has 6 heteroatoms. The summed E-state index contributed by atoms with van der Waals surface area (Å²) in [4.78, 5) is 40.0. The lowest BCUT2D eigenvalue weighted by molar-refractivity contribution is -0.131. The molecule has 1 atom stereocenters. The minimum absolute atomic E-state index is 0.0112. The molecule has 3 amide bonds. The molecule has 0 saturated carbocycles. The highest BCUT2D eigenvalue weighted by molar-refractivity contribution is 5.89. The highest BCUT2D eigenvalue weighted by atomic mass is 16.2. The van der Waals surface area contributed by atoms with E-state index in [1.54, 1.807) is 4.90 Å². The van der Waals surface area contributed by atoms with Crippen LogP contribution in [0, 0.1) is 5.92 Å². The number of benzene rings is 1. The van der Waals surface area contributed by atoms with Gasteiger partial charge in [0.1, 0.15) is 0 Å². The Bertz CT molecular complexity index is 626. The third kappa shape index (κ3) is 4.59. The Morgan fingerprint density at radius 2 is 1.84 bits per heavy atom. The third-order valence-corrected chi connectivity index (χ3v) is 4.90. The van der Waals surface area contributed by atoms with Gasteiger partial charge in [0.2, 0.25) is 17.7 Å². The molecule has 6 nitrogen and oxygen atoms in total. The van der Waals surface area contributed by atoms with Crippen LogP contribution in [-0.4, -0.2) is 53.7 Å². The first kappa shape index (κ1) is 17.5. The molecule has 0 bridgehead atoms. The molecule has 0 radical (unpaired) electrons. The van der Waals surface area contributed by atoms with Crippen LogP contribution in [0.3, 0.4) is 0 Å². The van der Waals surface area contributed by atoms with Gasteiger partial charge in [-0.3, -0.25) is 14.4 Å². The molecule has 2 aliphatic heterocycles. The fourth-order valence-corrected chi connectivity index (χ4v) is 3.47. The van der Waals surface area contributed by atoms with E-state index in [0.29, 0.717) is 26.1 Å². The lowest BCUT2D eigenvalue weighted by atomic mass is 10.1. The van der Waals surface area contributed by atoms with Crippen LogP contribution in [0.15, 0.2) is 30.3 Å². The van der Waals surface area contributed by atoms with Gasteiger partial charge in [-0.05, 0) is 18.4 Å². The Kier molecular flexibility index (Phi) is 5.68. The van der Waals surface area contributed by atoms with E-state index in [2.05, 4.69) is 5.32 Å². The quantitative estimate of drug-likeness (QED) is 0.843. The summed E-state index contributed by atoms with van der Waals surface area (Å²) in [5.74, 6) is -0.334. The molecule has 0 aromatic heterocycles. The van der Waals surface area contributed by atoms with Crippen LogP contribution in [0.4, 0.5) is 0 Å². The molecule has 1 N–H and O–H groups in total. The zero-order valence-electron chi connectivity index (χ0n) is 14.4. The maximum Gasteiger partial charge on any atom is 0.225 e. The second-order valence-corrected chi connectivity index (χ2v) is 6.79. The van der Waals surface area contributed by atoms with Crippen LogP contribution in [0.1, 0.15) is 31.2 Å². The Labute approximate surface area is 148 Å². The van der Waals surface area contributed by atoms with Crippen LogP contribution >= 0.6 is 0 Å². The topological polar surface area (TPSA) is 69.7 Å². The summed E-state index contributed by atoms with van der Waals surface area (Å²) in [6.07, 6.45) is 2.72. The smallest absolute Gasteiger partial charge is 0.225 e. The molecule has 0 aliphatic carbocycles. The zero-order valence-corrected chi connectivity index (χ0v) is 14.4. The number of nitrogens with zero attached hydrogens (tertiary/aromatic N) is 2. The number of hydrogen-bond acceptors (Lipinski definition) is 3. The molecule has 25 heavy (non-hydrogen) atoms. The van der Waals surface area contributed by atoms with E-state index in [9.17, 15) is 14.4 Å². The minimum Gasteiger partial charge on any atom is -0.355 e. The van der Waals surface area contributed by atoms with Gasteiger partial charge >= 0.3 is 0 Å².